The maximum atomic E-state index is 14.3. The average molecular weight is 360 g/mol. The maximum Gasteiger partial charge on any atom is 0.342 e. The van der Waals surface area contributed by atoms with E-state index in [1.54, 1.807) is 13.0 Å². The second-order valence-corrected chi connectivity index (χ2v) is 7.00. The van der Waals surface area contributed by atoms with Crippen molar-refractivity contribution in [2.75, 3.05) is 0 Å². The van der Waals surface area contributed by atoms with Crippen molar-refractivity contribution >= 4 is 5.97 Å². The fraction of sp³-hybridized carbons (Fsp3) is 0.208. The van der Waals surface area contributed by atoms with Gasteiger partial charge in [-0.25, -0.2) is 9.18 Å². The molecule has 0 saturated heterocycles. The molecule has 3 heteroatoms. The van der Waals surface area contributed by atoms with E-state index >= 15 is 0 Å². The third-order valence-corrected chi connectivity index (χ3v) is 5.26. The zero-order valence-corrected chi connectivity index (χ0v) is 15.5. The Balaban J connectivity index is 1.59. The van der Waals surface area contributed by atoms with Crippen LogP contribution in [0, 0.1) is 12.7 Å². The summed E-state index contributed by atoms with van der Waals surface area (Å²) in [4.78, 5) is 12.3. The van der Waals surface area contributed by atoms with E-state index in [1.807, 2.05) is 30.3 Å². The van der Waals surface area contributed by atoms with E-state index in [2.05, 4.69) is 31.2 Å². The highest BCUT2D eigenvalue weighted by atomic mass is 19.1. The molecule has 1 aliphatic heterocycles. The van der Waals surface area contributed by atoms with Crippen molar-refractivity contribution in [3.63, 3.8) is 0 Å². The zero-order chi connectivity index (χ0) is 19.0. The molecule has 136 valence electrons. The normalized spacial score (nSPS) is 16.0. The molecule has 0 aliphatic carbocycles. The van der Waals surface area contributed by atoms with Gasteiger partial charge in [-0.3, -0.25) is 0 Å². The molecule has 2 nitrogen and oxygen atoms in total. The van der Waals surface area contributed by atoms with Gasteiger partial charge in [0.05, 0.1) is 5.56 Å². The molecule has 1 aliphatic rings. The highest BCUT2D eigenvalue weighted by Gasteiger charge is 2.30. The summed E-state index contributed by atoms with van der Waals surface area (Å²) >= 11 is 0. The van der Waals surface area contributed by atoms with Gasteiger partial charge < -0.3 is 4.74 Å². The van der Waals surface area contributed by atoms with E-state index < -0.39 is 11.8 Å². The molecule has 0 saturated carbocycles. The molecule has 0 N–H and O–H groups in total. The molecule has 4 rings (SSSR count). The molecule has 1 unspecified atom stereocenters. The van der Waals surface area contributed by atoms with Crippen LogP contribution < -0.4 is 0 Å². The molecule has 0 fully saturated rings. The molecule has 1 atom stereocenters. The Hall–Kier alpha value is -2.94. The number of cyclic esters (lactones) is 1. The molecular formula is C24H21FO2. The number of esters is 1. The number of benzene rings is 3. The lowest BCUT2D eigenvalue weighted by Crippen LogP contribution is -2.23. The summed E-state index contributed by atoms with van der Waals surface area (Å²) in [7, 11) is 0. The van der Waals surface area contributed by atoms with Crippen LogP contribution in [0.25, 0.3) is 11.1 Å². The van der Waals surface area contributed by atoms with Gasteiger partial charge >= 0.3 is 5.97 Å². The summed E-state index contributed by atoms with van der Waals surface area (Å²) in [5, 5.41) is 0. The van der Waals surface area contributed by atoms with E-state index in [9.17, 15) is 9.18 Å². The van der Waals surface area contributed by atoms with E-state index in [1.165, 1.54) is 5.56 Å². The standard InChI is InChI=1S/C24H21FO2/c1-3-16-5-8-17(9-6-16)18-10-12-19(13-11-18)21-14-20-7-4-15(2)23(25)22(20)24(26)27-21/h4-13,21H,3,14H2,1-2H3. The molecule has 0 spiro atoms. The van der Waals surface area contributed by atoms with Crippen LogP contribution in [-0.4, -0.2) is 5.97 Å². The number of ether oxygens (including phenoxy) is 1. The monoisotopic (exact) mass is 360 g/mol. The van der Waals surface area contributed by atoms with Crippen molar-refractivity contribution < 1.29 is 13.9 Å². The summed E-state index contributed by atoms with van der Waals surface area (Å²) in [6, 6.07) is 20.1. The van der Waals surface area contributed by atoms with Crippen LogP contribution in [0.4, 0.5) is 4.39 Å². The van der Waals surface area contributed by atoms with Crippen LogP contribution >= 0.6 is 0 Å². The number of carbonyl (C=O) groups excluding carboxylic acids is 1. The van der Waals surface area contributed by atoms with Crippen LogP contribution in [-0.2, 0) is 17.6 Å². The largest absolute Gasteiger partial charge is 0.453 e. The SMILES string of the molecule is CCc1ccc(-c2ccc(C3Cc4ccc(C)c(F)c4C(=O)O3)cc2)cc1. The minimum absolute atomic E-state index is 0.0823. The third kappa shape index (κ3) is 3.25. The number of carbonyl (C=O) groups is 1. The van der Waals surface area contributed by atoms with Crippen molar-refractivity contribution in [1.82, 2.24) is 0 Å². The van der Waals surface area contributed by atoms with Crippen LogP contribution in [0.1, 0.15) is 45.6 Å². The first-order chi connectivity index (χ1) is 13.1. The number of rotatable bonds is 3. The minimum atomic E-state index is -0.582. The second kappa shape index (κ2) is 6.99. The Labute approximate surface area is 158 Å². The van der Waals surface area contributed by atoms with Gasteiger partial charge in [0, 0.05) is 6.42 Å². The lowest BCUT2D eigenvalue weighted by atomic mass is 9.92. The smallest absolute Gasteiger partial charge is 0.342 e. The van der Waals surface area contributed by atoms with Crippen LogP contribution in [0.15, 0.2) is 60.7 Å². The van der Waals surface area contributed by atoms with Gasteiger partial charge in [0.15, 0.2) is 0 Å². The summed E-state index contributed by atoms with van der Waals surface area (Å²) in [5.74, 6) is -1.05. The van der Waals surface area contributed by atoms with Gasteiger partial charge in [0.25, 0.3) is 0 Å². The van der Waals surface area contributed by atoms with Crippen LogP contribution in [0.3, 0.4) is 0 Å². The van der Waals surface area contributed by atoms with Crippen molar-refractivity contribution in [2.24, 2.45) is 0 Å². The second-order valence-electron chi connectivity index (χ2n) is 7.00. The van der Waals surface area contributed by atoms with Crippen LogP contribution in [0.5, 0.6) is 0 Å². The van der Waals surface area contributed by atoms with Crippen molar-refractivity contribution in [2.45, 2.75) is 32.8 Å². The van der Waals surface area contributed by atoms with E-state index in [-0.39, 0.29) is 11.7 Å². The first-order valence-electron chi connectivity index (χ1n) is 9.25. The minimum Gasteiger partial charge on any atom is -0.453 e. The molecule has 0 bridgehead atoms. The Kier molecular flexibility index (Phi) is 4.53. The van der Waals surface area contributed by atoms with Gasteiger partial charge in [-0.05, 0) is 46.7 Å². The number of hydrogen-bond acceptors (Lipinski definition) is 2. The Morgan fingerprint density at radius 2 is 1.59 bits per heavy atom. The number of fused-ring (bicyclic) bond motifs is 1. The molecule has 0 radical (unpaired) electrons. The molecule has 3 aromatic rings. The summed E-state index contributed by atoms with van der Waals surface area (Å²) in [6.07, 6.45) is 1.13. The van der Waals surface area contributed by atoms with Crippen molar-refractivity contribution in [1.29, 1.82) is 0 Å². The Bertz CT molecular complexity index is 988. The van der Waals surface area contributed by atoms with Crippen LogP contribution in [0.2, 0.25) is 0 Å². The highest BCUT2D eigenvalue weighted by Crippen LogP contribution is 2.33. The first-order valence-corrected chi connectivity index (χ1v) is 9.25. The van der Waals surface area contributed by atoms with Gasteiger partial charge in [-0.15, -0.1) is 0 Å². The van der Waals surface area contributed by atoms with Gasteiger partial charge in [0.1, 0.15) is 11.9 Å². The Morgan fingerprint density at radius 3 is 2.22 bits per heavy atom. The number of hydrogen-bond donors (Lipinski definition) is 0. The first kappa shape index (κ1) is 17.5. The quantitative estimate of drug-likeness (QED) is 0.550. The fourth-order valence-corrected chi connectivity index (χ4v) is 3.55. The maximum absolute atomic E-state index is 14.3. The Morgan fingerprint density at radius 1 is 0.963 bits per heavy atom. The van der Waals surface area contributed by atoms with E-state index in [4.69, 9.17) is 4.74 Å². The third-order valence-electron chi connectivity index (χ3n) is 5.26. The number of halogens is 1. The predicted octanol–water partition coefficient (Wildman–Crippen LogP) is 5.82. The fourth-order valence-electron chi connectivity index (χ4n) is 3.55. The molecule has 1 heterocycles. The molecule has 27 heavy (non-hydrogen) atoms. The molecule has 3 aromatic carbocycles. The highest BCUT2D eigenvalue weighted by molar-refractivity contribution is 5.93. The van der Waals surface area contributed by atoms with Gasteiger partial charge in [-0.1, -0.05) is 67.6 Å². The molecular weight excluding hydrogens is 339 g/mol. The molecule has 0 aromatic heterocycles. The number of aryl methyl sites for hydroxylation is 2. The van der Waals surface area contributed by atoms with Crippen molar-refractivity contribution in [3.8, 4) is 11.1 Å². The lowest BCUT2D eigenvalue weighted by molar-refractivity contribution is 0.0245. The average Bonchev–Trinajstić information content (AvgIpc) is 2.70. The van der Waals surface area contributed by atoms with E-state index in [0.29, 0.717) is 17.5 Å². The van der Waals surface area contributed by atoms with Gasteiger partial charge in [-0.2, -0.15) is 0 Å². The topological polar surface area (TPSA) is 26.3 Å². The summed E-state index contributed by atoms with van der Waals surface area (Å²) < 4.78 is 19.8. The predicted molar refractivity (Wildman–Crippen MR) is 104 cm³/mol. The molecule has 0 amide bonds. The van der Waals surface area contributed by atoms with Gasteiger partial charge in [0.2, 0.25) is 0 Å². The zero-order valence-electron chi connectivity index (χ0n) is 15.5. The van der Waals surface area contributed by atoms with Crippen molar-refractivity contribution in [3.05, 3.63) is 94.3 Å². The summed E-state index contributed by atoms with van der Waals surface area (Å²) in [6.45, 7) is 3.79. The van der Waals surface area contributed by atoms with E-state index in [0.717, 1.165) is 23.1 Å². The summed E-state index contributed by atoms with van der Waals surface area (Å²) in [5.41, 5.74) is 5.75. The lowest BCUT2D eigenvalue weighted by Gasteiger charge is -2.25.